The van der Waals surface area contributed by atoms with E-state index in [4.69, 9.17) is 13.9 Å². The fourth-order valence-electron chi connectivity index (χ4n) is 3.69. The number of benzene rings is 2. The topological polar surface area (TPSA) is 65.6 Å². The molecule has 1 N–H and O–H groups in total. The molecule has 0 spiro atoms. The zero-order valence-electron chi connectivity index (χ0n) is 16.4. The van der Waals surface area contributed by atoms with Gasteiger partial charge in [-0.05, 0) is 42.8 Å². The van der Waals surface area contributed by atoms with Crippen molar-refractivity contribution < 1.29 is 18.7 Å². The predicted octanol–water partition coefficient (Wildman–Crippen LogP) is 4.70. The molecule has 0 fully saturated rings. The summed E-state index contributed by atoms with van der Waals surface area (Å²) < 4.78 is 18.4. The van der Waals surface area contributed by atoms with Crippen LogP contribution in [0.4, 0.5) is 0 Å². The van der Waals surface area contributed by atoms with Crippen molar-refractivity contribution in [3.05, 3.63) is 90.0 Å². The van der Waals surface area contributed by atoms with E-state index in [-0.39, 0.29) is 12.7 Å². The molecule has 30 heavy (non-hydrogen) atoms. The molecule has 1 amide bonds. The van der Waals surface area contributed by atoms with Crippen molar-refractivity contribution in [2.24, 2.45) is 0 Å². The average Bonchev–Trinajstić information content (AvgIpc) is 3.52. The minimum atomic E-state index is -0.152. The van der Waals surface area contributed by atoms with Gasteiger partial charge in [-0.3, -0.25) is 4.79 Å². The molecule has 0 radical (unpaired) electrons. The molecule has 6 nitrogen and oxygen atoms in total. The first-order chi connectivity index (χ1) is 14.7. The fraction of sp³-hybridized carbons (Fsp3) is 0.125. The third-order valence-corrected chi connectivity index (χ3v) is 5.18. The number of hydrogen-bond acceptors (Lipinski definition) is 4. The Bertz CT molecular complexity index is 1190. The van der Waals surface area contributed by atoms with Gasteiger partial charge in [0.15, 0.2) is 11.5 Å². The van der Waals surface area contributed by atoms with Crippen molar-refractivity contribution in [3.63, 3.8) is 0 Å². The molecule has 1 aliphatic heterocycles. The van der Waals surface area contributed by atoms with E-state index in [9.17, 15) is 4.79 Å². The number of carbonyl (C=O) groups excluding carboxylic acids is 1. The highest BCUT2D eigenvalue weighted by Crippen LogP contribution is 2.36. The number of fused-ring (bicyclic) bond motifs is 1. The summed E-state index contributed by atoms with van der Waals surface area (Å²) in [6.07, 6.45) is 1.59. The zero-order chi connectivity index (χ0) is 20.5. The maximum Gasteiger partial charge on any atom is 0.253 e. The zero-order valence-corrected chi connectivity index (χ0v) is 16.4. The molecule has 0 saturated heterocycles. The Morgan fingerprint density at radius 1 is 1.00 bits per heavy atom. The molecule has 0 atom stereocenters. The van der Waals surface area contributed by atoms with E-state index in [0.717, 1.165) is 28.4 Å². The van der Waals surface area contributed by atoms with Gasteiger partial charge in [0.1, 0.15) is 5.76 Å². The van der Waals surface area contributed by atoms with Crippen LogP contribution in [0, 0.1) is 6.92 Å². The van der Waals surface area contributed by atoms with Gasteiger partial charge in [0.25, 0.3) is 5.91 Å². The lowest BCUT2D eigenvalue weighted by atomic mass is 10.1. The molecular weight excluding hydrogens is 380 g/mol. The molecule has 0 bridgehead atoms. The Hall–Kier alpha value is -3.93. The van der Waals surface area contributed by atoms with Gasteiger partial charge in [0.05, 0.1) is 24.1 Å². The molecule has 0 saturated carbocycles. The first-order valence-corrected chi connectivity index (χ1v) is 9.69. The monoisotopic (exact) mass is 400 g/mol. The van der Waals surface area contributed by atoms with Gasteiger partial charge in [-0.2, -0.15) is 0 Å². The Morgan fingerprint density at radius 2 is 1.83 bits per heavy atom. The standard InChI is InChI=1S/C24H20N2O4/c1-16-20(24(27)25-14-19-8-5-11-28-19)13-21(17-6-3-2-4-7-17)26(16)18-9-10-22-23(12-18)30-15-29-22/h2-13H,14-15H2,1H3,(H,25,27). The highest BCUT2D eigenvalue weighted by molar-refractivity contribution is 5.97. The number of amides is 1. The van der Waals surface area contributed by atoms with Crippen LogP contribution < -0.4 is 14.8 Å². The van der Waals surface area contributed by atoms with Gasteiger partial charge >= 0.3 is 0 Å². The fourth-order valence-corrected chi connectivity index (χ4v) is 3.69. The van der Waals surface area contributed by atoms with E-state index >= 15 is 0 Å². The first kappa shape index (κ1) is 18.1. The number of aromatic nitrogens is 1. The third-order valence-electron chi connectivity index (χ3n) is 5.18. The van der Waals surface area contributed by atoms with E-state index in [0.29, 0.717) is 23.6 Å². The highest BCUT2D eigenvalue weighted by Gasteiger charge is 2.21. The van der Waals surface area contributed by atoms with Crippen molar-refractivity contribution in [1.29, 1.82) is 0 Å². The molecule has 5 rings (SSSR count). The van der Waals surface area contributed by atoms with Crippen LogP contribution in [0.3, 0.4) is 0 Å². The van der Waals surface area contributed by atoms with E-state index in [1.807, 2.05) is 67.6 Å². The number of ether oxygens (including phenoxy) is 2. The largest absolute Gasteiger partial charge is 0.467 e. The van der Waals surface area contributed by atoms with Gasteiger partial charge in [0, 0.05) is 17.4 Å². The van der Waals surface area contributed by atoms with Crippen LogP contribution in [-0.4, -0.2) is 17.3 Å². The van der Waals surface area contributed by atoms with Crippen LogP contribution >= 0.6 is 0 Å². The van der Waals surface area contributed by atoms with Gasteiger partial charge < -0.3 is 23.8 Å². The maximum absolute atomic E-state index is 13.0. The third kappa shape index (κ3) is 3.22. The summed E-state index contributed by atoms with van der Waals surface area (Å²) in [7, 11) is 0. The Balaban J connectivity index is 1.57. The molecule has 4 aromatic rings. The van der Waals surface area contributed by atoms with Gasteiger partial charge in [0.2, 0.25) is 6.79 Å². The predicted molar refractivity (Wildman–Crippen MR) is 112 cm³/mol. The van der Waals surface area contributed by atoms with Crippen LogP contribution in [0.5, 0.6) is 11.5 Å². The Kier molecular flexibility index (Phi) is 4.52. The van der Waals surface area contributed by atoms with E-state index in [2.05, 4.69) is 9.88 Å². The van der Waals surface area contributed by atoms with Crippen LogP contribution in [0.2, 0.25) is 0 Å². The lowest BCUT2D eigenvalue weighted by molar-refractivity contribution is 0.0947. The summed E-state index contributed by atoms with van der Waals surface area (Å²) in [5.41, 5.74) is 4.29. The van der Waals surface area contributed by atoms with Gasteiger partial charge in [-0.15, -0.1) is 0 Å². The second-order valence-electron chi connectivity index (χ2n) is 7.03. The summed E-state index contributed by atoms with van der Waals surface area (Å²) in [6, 6.07) is 21.4. The van der Waals surface area contributed by atoms with Gasteiger partial charge in [-0.1, -0.05) is 30.3 Å². The van der Waals surface area contributed by atoms with Crippen LogP contribution in [0.1, 0.15) is 21.8 Å². The molecule has 0 unspecified atom stereocenters. The summed E-state index contributed by atoms with van der Waals surface area (Å²) in [4.78, 5) is 13.0. The van der Waals surface area contributed by atoms with Crippen molar-refractivity contribution in [2.75, 3.05) is 6.79 Å². The van der Waals surface area contributed by atoms with Crippen LogP contribution in [-0.2, 0) is 6.54 Å². The van der Waals surface area contributed by atoms with E-state index in [1.54, 1.807) is 12.3 Å². The minimum Gasteiger partial charge on any atom is -0.467 e. The Labute approximate surface area is 173 Å². The molecule has 6 heteroatoms. The molecule has 0 aliphatic carbocycles. The highest BCUT2D eigenvalue weighted by atomic mass is 16.7. The summed E-state index contributed by atoms with van der Waals surface area (Å²) in [6.45, 7) is 2.50. The lowest BCUT2D eigenvalue weighted by Gasteiger charge is -2.13. The quantitative estimate of drug-likeness (QED) is 0.527. The number of carbonyl (C=O) groups is 1. The smallest absolute Gasteiger partial charge is 0.253 e. The normalized spacial score (nSPS) is 12.2. The average molecular weight is 400 g/mol. The summed E-state index contributed by atoms with van der Waals surface area (Å²) in [5, 5.41) is 2.94. The summed E-state index contributed by atoms with van der Waals surface area (Å²) in [5.74, 6) is 1.98. The molecular formula is C24H20N2O4. The second kappa shape index (κ2) is 7.48. The lowest BCUT2D eigenvalue weighted by Crippen LogP contribution is -2.23. The Morgan fingerprint density at radius 3 is 2.63 bits per heavy atom. The van der Waals surface area contributed by atoms with Crippen molar-refractivity contribution in [3.8, 4) is 28.4 Å². The SMILES string of the molecule is Cc1c(C(=O)NCc2ccco2)cc(-c2ccccc2)n1-c1ccc2c(c1)OCO2. The van der Waals surface area contributed by atoms with Crippen molar-refractivity contribution in [1.82, 2.24) is 9.88 Å². The number of hydrogen-bond donors (Lipinski definition) is 1. The molecule has 2 aromatic heterocycles. The second-order valence-corrected chi connectivity index (χ2v) is 7.03. The van der Waals surface area contributed by atoms with Crippen molar-refractivity contribution in [2.45, 2.75) is 13.5 Å². The maximum atomic E-state index is 13.0. The number of nitrogens with one attached hydrogen (secondary N) is 1. The molecule has 150 valence electrons. The van der Waals surface area contributed by atoms with Gasteiger partial charge in [-0.25, -0.2) is 0 Å². The summed E-state index contributed by atoms with van der Waals surface area (Å²) >= 11 is 0. The van der Waals surface area contributed by atoms with Crippen LogP contribution in [0.25, 0.3) is 16.9 Å². The molecule has 2 aromatic carbocycles. The van der Waals surface area contributed by atoms with Crippen molar-refractivity contribution >= 4 is 5.91 Å². The number of rotatable bonds is 5. The van der Waals surface area contributed by atoms with Crippen LogP contribution in [0.15, 0.2) is 77.4 Å². The molecule has 3 heterocycles. The van der Waals surface area contributed by atoms with E-state index in [1.165, 1.54) is 0 Å². The molecule has 1 aliphatic rings. The number of furan rings is 1. The number of nitrogens with zero attached hydrogens (tertiary/aromatic N) is 1. The van der Waals surface area contributed by atoms with E-state index < -0.39 is 0 Å². The first-order valence-electron chi connectivity index (χ1n) is 9.69. The minimum absolute atomic E-state index is 0.152.